The molecule has 1 aliphatic heterocycles. The van der Waals surface area contributed by atoms with Gasteiger partial charge in [-0.2, -0.15) is 5.10 Å². The second-order valence-electron chi connectivity index (χ2n) is 7.76. The quantitative estimate of drug-likeness (QED) is 0.493. The van der Waals surface area contributed by atoms with Crippen LogP contribution in [0.1, 0.15) is 29.1 Å². The molecule has 0 unspecified atom stereocenters. The molecule has 166 valence electrons. The molecule has 0 spiro atoms. The van der Waals surface area contributed by atoms with Crippen molar-refractivity contribution < 1.29 is 4.79 Å². The van der Waals surface area contributed by atoms with Gasteiger partial charge in [-0.15, -0.1) is 11.3 Å². The molecule has 5 rings (SSSR count). The highest BCUT2D eigenvalue weighted by atomic mass is 32.1. The topological polar surface area (TPSA) is 81.3 Å². The Labute approximate surface area is 197 Å². The van der Waals surface area contributed by atoms with Gasteiger partial charge in [0.05, 0.1) is 21.5 Å². The molecule has 1 aromatic carbocycles. The number of allylic oxidation sites excluding steroid dienone is 1. The highest BCUT2D eigenvalue weighted by Gasteiger charge is 2.33. The van der Waals surface area contributed by atoms with Crippen LogP contribution in [0.15, 0.2) is 75.1 Å². The maximum atomic E-state index is 13.6. The van der Waals surface area contributed by atoms with E-state index >= 15 is 0 Å². The third-order valence-electron chi connectivity index (χ3n) is 5.45. The van der Waals surface area contributed by atoms with Crippen molar-refractivity contribution in [3.05, 3.63) is 101 Å². The summed E-state index contributed by atoms with van der Waals surface area (Å²) in [5.41, 5.74) is 3.32. The van der Waals surface area contributed by atoms with Gasteiger partial charge in [-0.3, -0.25) is 18.8 Å². The number of thiazole rings is 1. The minimum atomic E-state index is -0.540. The highest BCUT2D eigenvalue weighted by molar-refractivity contribution is 7.10. The Balaban J connectivity index is 1.66. The fourth-order valence-electron chi connectivity index (χ4n) is 3.95. The summed E-state index contributed by atoms with van der Waals surface area (Å²) in [4.78, 5) is 33.1. The summed E-state index contributed by atoms with van der Waals surface area (Å²) in [5.74, 6) is -0.266. The van der Waals surface area contributed by atoms with Crippen LogP contribution >= 0.6 is 22.7 Å². The fraction of sp³-hybridized carbons (Fsp3) is 0.167. The maximum Gasteiger partial charge on any atom is 0.271 e. The number of nitrogens with one attached hydrogen (secondary N) is 1. The first kappa shape index (κ1) is 21.3. The van der Waals surface area contributed by atoms with Crippen molar-refractivity contribution in [2.24, 2.45) is 12.0 Å². The minimum absolute atomic E-state index is 0.169. The summed E-state index contributed by atoms with van der Waals surface area (Å²) >= 11 is 2.84. The first-order chi connectivity index (χ1) is 15.9. The van der Waals surface area contributed by atoms with E-state index in [9.17, 15) is 9.59 Å². The number of nitrogens with zero attached hydrogens (tertiary/aromatic N) is 4. The van der Waals surface area contributed by atoms with Crippen molar-refractivity contribution in [3.63, 3.8) is 0 Å². The van der Waals surface area contributed by atoms with E-state index in [1.807, 2.05) is 81.0 Å². The number of rotatable bonds is 4. The molecule has 1 aliphatic rings. The van der Waals surface area contributed by atoms with Crippen LogP contribution in [-0.4, -0.2) is 20.3 Å². The summed E-state index contributed by atoms with van der Waals surface area (Å²) in [6.45, 7) is 3.73. The molecule has 1 amide bonds. The van der Waals surface area contributed by atoms with Gasteiger partial charge in [-0.25, -0.2) is 4.99 Å². The monoisotopic (exact) mass is 475 g/mol. The lowest BCUT2D eigenvalue weighted by atomic mass is 10.0. The zero-order valence-corrected chi connectivity index (χ0v) is 19.9. The molecule has 0 radical (unpaired) electrons. The molecule has 7 nitrogen and oxygen atoms in total. The maximum absolute atomic E-state index is 13.6. The first-order valence-corrected chi connectivity index (χ1v) is 12.0. The Morgan fingerprint density at radius 2 is 1.94 bits per heavy atom. The largest absolute Gasteiger partial charge is 0.322 e. The molecule has 0 fully saturated rings. The Morgan fingerprint density at radius 3 is 2.61 bits per heavy atom. The van der Waals surface area contributed by atoms with Crippen LogP contribution < -0.4 is 20.2 Å². The lowest BCUT2D eigenvalue weighted by molar-refractivity contribution is -0.113. The molecule has 0 saturated carbocycles. The number of thiophene rings is 1. The van der Waals surface area contributed by atoms with E-state index in [0.717, 1.165) is 16.1 Å². The Kier molecular flexibility index (Phi) is 5.43. The van der Waals surface area contributed by atoms with Crippen LogP contribution in [0.5, 0.6) is 0 Å². The summed E-state index contributed by atoms with van der Waals surface area (Å²) in [5, 5.41) is 9.27. The molecule has 4 heterocycles. The van der Waals surface area contributed by atoms with Crippen molar-refractivity contribution in [1.29, 1.82) is 0 Å². The zero-order chi connectivity index (χ0) is 23.1. The van der Waals surface area contributed by atoms with Crippen molar-refractivity contribution in [3.8, 4) is 0 Å². The molecule has 33 heavy (non-hydrogen) atoms. The van der Waals surface area contributed by atoms with E-state index in [-0.39, 0.29) is 11.5 Å². The van der Waals surface area contributed by atoms with E-state index in [0.29, 0.717) is 26.3 Å². The van der Waals surface area contributed by atoms with Crippen molar-refractivity contribution in [2.75, 3.05) is 5.32 Å². The van der Waals surface area contributed by atoms with Gasteiger partial charge in [0, 0.05) is 29.4 Å². The zero-order valence-electron chi connectivity index (χ0n) is 18.3. The molecular formula is C24H21N5O2S2. The number of carbonyl (C=O) groups excluding carboxylic acids is 1. The highest BCUT2D eigenvalue weighted by Crippen LogP contribution is 2.33. The Morgan fingerprint density at radius 1 is 1.15 bits per heavy atom. The number of aryl methyl sites for hydroxylation is 2. The number of anilines is 1. The predicted molar refractivity (Wildman–Crippen MR) is 131 cm³/mol. The number of hydrogen-bond donors (Lipinski definition) is 1. The number of amides is 1. The van der Waals surface area contributed by atoms with Gasteiger partial charge in [-0.1, -0.05) is 35.6 Å². The molecule has 0 bridgehead atoms. The lowest BCUT2D eigenvalue weighted by Gasteiger charge is -2.24. The third-order valence-corrected chi connectivity index (χ3v) is 7.36. The minimum Gasteiger partial charge on any atom is -0.322 e. The number of benzene rings is 1. The fourth-order valence-corrected chi connectivity index (χ4v) is 5.81. The second-order valence-corrected chi connectivity index (χ2v) is 9.75. The predicted octanol–water partition coefficient (Wildman–Crippen LogP) is 2.98. The Hall–Kier alpha value is -3.56. The van der Waals surface area contributed by atoms with Crippen LogP contribution in [0.3, 0.4) is 0 Å². The molecule has 3 aromatic heterocycles. The number of para-hydroxylation sites is 1. The average molecular weight is 476 g/mol. The molecule has 9 heteroatoms. The van der Waals surface area contributed by atoms with E-state index in [2.05, 4.69) is 15.4 Å². The van der Waals surface area contributed by atoms with Gasteiger partial charge in [0.1, 0.15) is 6.04 Å². The number of aromatic nitrogens is 3. The van der Waals surface area contributed by atoms with Gasteiger partial charge in [0.2, 0.25) is 0 Å². The smallest absolute Gasteiger partial charge is 0.271 e. The van der Waals surface area contributed by atoms with Crippen LogP contribution in [0.25, 0.3) is 6.08 Å². The van der Waals surface area contributed by atoms with Crippen molar-refractivity contribution in [2.45, 2.75) is 19.9 Å². The lowest BCUT2D eigenvalue weighted by Crippen LogP contribution is -2.40. The molecule has 0 aliphatic carbocycles. The van der Waals surface area contributed by atoms with Crippen LogP contribution in [-0.2, 0) is 11.8 Å². The Bertz CT molecular complexity index is 1560. The van der Waals surface area contributed by atoms with Gasteiger partial charge in [0.25, 0.3) is 11.5 Å². The van der Waals surface area contributed by atoms with Gasteiger partial charge in [-0.05, 0) is 43.5 Å². The van der Waals surface area contributed by atoms with Crippen molar-refractivity contribution in [1.82, 2.24) is 14.3 Å². The molecule has 0 saturated heterocycles. The summed E-state index contributed by atoms with van der Waals surface area (Å²) < 4.78 is 3.92. The first-order valence-electron chi connectivity index (χ1n) is 10.3. The normalized spacial score (nSPS) is 16.0. The molecule has 1 N–H and O–H groups in total. The summed E-state index contributed by atoms with van der Waals surface area (Å²) in [6, 6.07) is 12.6. The molecular weight excluding hydrogens is 454 g/mol. The van der Waals surface area contributed by atoms with E-state index in [4.69, 9.17) is 0 Å². The number of carbonyl (C=O) groups is 1. The van der Waals surface area contributed by atoms with Crippen molar-refractivity contribution >= 4 is 40.3 Å². The van der Waals surface area contributed by atoms with Gasteiger partial charge >= 0.3 is 0 Å². The van der Waals surface area contributed by atoms with Gasteiger partial charge in [0.15, 0.2) is 4.80 Å². The van der Waals surface area contributed by atoms with Crippen LogP contribution in [0.2, 0.25) is 0 Å². The SMILES string of the molecule is CC1=C(C(=O)Nc2ccccc2)[C@H](c2cccs2)n2c(s/c(=C/c3cn(C)nc3C)c2=O)=N1. The van der Waals surface area contributed by atoms with E-state index < -0.39 is 6.04 Å². The average Bonchev–Trinajstić information content (AvgIpc) is 3.49. The van der Waals surface area contributed by atoms with Crippen LogP contribution in [0, 0.1) is 6.92 Å². The van der Waals surface area contributed by atoms with E-state index in [1.165, 1.54) is 22.7 Å². The second kappa shape index (κ2) is 8.42. The number of hydrogen-bond acceptors (Lipinski definition) is 6. The standard InChI is InChI=1S/C24H21N5O2S2/c1-14-16(13-28(3)27-14)12-19-23(31)29-21(18-10-7-11-32-18)20(15(2)25-24(29)33-19)22(30)26-17-8-5-4-6-9-17/h4-13,21H,1-3H3,(H,26,30)/b19-12+/t21-/m0/s1. The van der Waals surface area contributed by atoms with Gasteiger partial charge < -0.3 is 5.32 Å². The molecule has 4 aromatic rings. The third kappa shape index (κ3) is 3.90. The molecule has 1 atom stereocenters. The van der Waals surface area contributed by atoms with E-state index in [1.54, 1.807) is 9.25 Å². The summed E-state index contributed by atoms with van der Waals surface area (Å²) in [6.07, 6.45) is 3.73. The number of fused-ring (bicyclic) bond motifs is 1. The van der Waals surface area contributed by atoms with Crippen LogP contribution in [0.4, 0.5) is 5.69 Å². The summed E-state index contributed by atoms with van der Waals surface area (Å²) in [7, 11) is 1.85.